The summed E-state index contributed by atoms with van der Waals surface area (Å²) in [6.07, 6.45) is 1.86. The molecule has 1 heteroatoms. The van der Waals surface area contributed by atoms with Crippen LogP contribution >= 0.6 is 0 Å². The van der Waals surface area contributed by atoms with E-state index in [-0.39, 0.29) is 0 Å². The maximum Gasteiger partial charge on any atom is 0.0629 e. The molecule has 0 saturated carbocycles. The third kappa shape index (κ3) is 2.91. The van der Waals surface area contributed by atoms with Crippen LogP contribution in [0, 0.1) is 6.92 Å². The highest BCUT2D eigenvalue weighted by Crippen LogP contribution is 2.19. The summed E-state index contributed by atoms with van der Waals surface area (Å²) >= 11 is 0. The summed E-state index contributed by atoms with van der Waals surface area (Å²) in [5, 5.41) is 0. The Hall–Kier alpha value is -1.63. The Morgan fingerprint density at radius 3 is 2.47 bits per heavy atom. The maximum atomic E-state index is 4.34. The molecule has 0 aromatic heterocycles. The molecule has 15 heavy (non-hydrogen) atoms. The van der Waals surface area contributed by atoms with Crippen LogP contribution in [0.25, 0.3) is 11.8 Å². The van der Waals surface area contributed by atoms with E-state index in [2.05, 4.69) is 31.1 Å². The first-order chi connectivity index (χ1) is 7.04. The van der Waals surface area contributed by atoms with Gasteiger partial charge in [0.15, 0.2) is 0 Å². The monoisotopic (exact) mass is 199 g/mol. The third-order valence-electron chi connectivity index (χ3n) is 2.18. The Kier molecular flexibility index (Phi) is 3.62. The zero-order chi connectivity index (χ0) is 11.4. The van der Waals surface area contributed by atoms with Crippen LogP contribution in [0.5, 0.6) is 0 Å². The van der Waals surface area contributed by atoms with Crippen LogP contribution in [0.4, 0.5) is 0 Å². The Labute approximate surface area is 91.9 Å². The van der Waals surface area contributed by atoms with Gasteiger partial charge in [0.1, 0.15) is 0 Å². The van der Waals surface area contributed by atoms with Gasteiger partial charge in [0, 0.05) is 5.71 Å². The molecule has 0 saturated heterocycles. The molecule has 1 aromatic rings. The van der Waals surface area contributed by atoms with Gasteiger partial charge in [-0.1, -0.05) is 31.4 Å². The fourth-order valence-corrected chi connectivity index (χ4v) is 1.42. The molecule has 0 heterocycles. The number of hydrogen-bond donors (Lipinski definition) is 0. The summed E-state index contributed by atoms with van der Waals surface area (Å²) in [5.74, 6) is 0. The zero-order valence-electron chi connectivity index (χ0n) is 9.67. The average Bonchev–Trinajstić information content (AvgIpc) is 2.16. The van der Waals surface area contributed by atoms with Gasteiger partial charge in [-0.2, -0.15) is 0 Å². The van der Waals surface area contributed by atoms with E-state index in [1.165, 1.54) is 5.56 Å². The minimum absolute atomic E-state index is 0.814. The van der Waals surface area contributed by atoms with Crippen LogP contribution < -0.4 is 0 Å². The van der Waals surface area contributed by atoms with Gasteiger partial charge in [-0.25, -0.2) is 0 Å². The summed E-state index contributed by atoms with van der Waals surface area (Å²) in [6, 6.07) is 6.16. The van der Waals surface area contributed by atoms with E-state index in [9.17, 15) is 0 Å². The molecule has 0 spiro atoms. The van der Waals surface area contributed by atoms with Crippen LogP contribution in [-0.4, -0.2) is 5.71 Å². The van der Waals surface area contributed by atoms with Crippen molar-refractivity contribution in [3.63, 3.8) is 0 Å². The van der Waals surface area contributed by atoms with Gasteiger partial charge in [-0.15, -0.1) is 0 Å². The summed E-state index contributed by atoms with van der Waals surface area (Å²) in [4.78, 5) is 4.34. The van der Waals surface area contributed by atoms with Gasteiger partial charge in [0.2, 0.25) is 0 Å². The van der Waals surface area contributed by atoms with E-state index >= 15 is 0 Å². The van der Waals surface area contributed by atoms with Crippen molar-refractivity contribution in [2.45, 2.75) is 20.8 Å². The molecule has 78 valence electrons. The Morgan fingerprint density at radius 1 is 1.33 bits per heavy atom. The lowest BCUT2D eigenvalue weighted by Crippen LogP contribution is -1.87. The van der Waals surface area contributed by atoms with Crippen molar-refractivity contribution in [2.24, 2.45) is 4.99 Å². The lowest BCUT2D eigenvalue weighted by molar-refractivity contribution is 1.40. The first-order valence-electron chi connectivity index (χ1n) is 4.99. The van der Waals surface area contributed by atoms with E-state index in [4.69, 9.17) is 0 Å². The SMILES string of the molecule is C=Cc1ccc(C(=C)N=C(C)C)cc1C. The predicted molar refractivity (Wildman–Crippen MR) is 69.1 cm³/mol. The van der Waals surface area contributed by atoms with Gasteiger partial charge >= 0.3 is 0 Å². The number of hydrogen-bond acceptors (Lipinski definition) is 1. The Morgan fingerprint density at radius 2 is 2.00 bits per heavy atom. The fraction of sp³-hybridized carbons (Fsp3) is 0.214. The molecule has 0 N–H and O–H groups in total. The smallest absolute Gasteiger partial charge is 0.0629 e. The highest BCUT2D eigenvalue weighted by molar-refractivity contribution is 5.85. The molecule has 0 aliphatic heterocycles. The minimum Gasteiger partial charge on any atom is -0.258 e. The lowest BCUT2D eigenvalue weighted by atomic mass is 10.0. The van der Waals surface area contributed by atoms with E-state index in [1.54, 1.807) is 0 Å². The molecule has 0 atom stereocenters. The topological polar surface area (TPSA) is 12.4 Å². The number of benzene rings is 1. The Bertz CT molecular complexity index is 421. The molecule has 0 amide bonds. The maximum absolute atomic E-state index is 4.34. The second-order valence-corrected chi connectivity index (χ2v) is 3.78. The van der Waals surface area contributed by atoms with Crippen LogP contribution in [0.2, 0.25) is 0 Å². The van der Waals surface area contributed by atoms with Crippen molar-refractivity contribution in [3.05, 3.63) is 48.0 Å². The standard InChI is InChI=1S/C14H17N/c1-6-13-7-8-14(9-11(13)4)12(5)15-10(2)3/h6-9H,1,5H2,2-4H3. The fourth-order valence-electron chi connectivity index (χ4n) is 1.42. The van der Waals surface area contributed by atoms with Crippen molar-refractivity contribution in [1.82, 2.24) is 0 Å². The number of rotatable bonds is 3. The molecule has 0 radical (unpaired) electrons. The van der Waals surface area contributed by atoms with Gasteiger partial charge in [-0.05, 0) is 43.5 Å². The summed E-state index contributed by atoms with van der Waals surface area (Å²) in [7, 11) is 0. The van der Waals surface area contributed by atoms with Crippen molar-refractivity contribution >= 4 is 17.5 Å². The molecule has 0 aliphatic rings. The second-order valence-electron chi connectivity index (χ2n) is 3.78. The number of aryl methyl sites for hydroxylation is 1. The summed E-state index contributed by atoms with van der Waals surface area (Å²) in [6.45, 7) is 13.7. The van der Waals surface area contributed by atoms with Crippen LogP contribution in [0.1, 0.15) is 30.5 Å². The van der Waals surface area contributed by atoms with Gasteiger partial charge in [-0.3, -0.25) is 4.99 Å². The summed E-state index contributed by atoms with van der Waals surface area (Å²) < 4.78 is 0. The van der Waals surface area contributed by atoms with Gasteiger partial charge in [0.25, 0.3) is 0 Å². The normalized spacial score (nSPS) is 9.53. The Balaban J connectivity index is 3.08. The zero-order valence-corrected chi connectivity index (χ0v) is 9.67. The largest absolute Gasteiger partial charge is 0.258 e. The molecule has 1 rings (SSSR count). The molecule has 1 nitrogen and oxygen atoms in total. The lowest BCUT2D eigenvalue weighted by Gasteiger charge is -2.05. The van der Waals surface area contributed by atoms with Crippen molar-refractivity contribution in [3.8, 4) is 0 Å². The molecule has 0 unspecified atom stereocenters. The molecular formula is C14H17N. The minimum atomic E-state index is 0.814. The third-order valence-corrected chi connectivity index (χ3v) is 2.18. The second kappa shape index (κ2) is 4.74. The molecule has 0 aliphatic carbocycles. The highest BCUT2D eigenvalue weighted by Gasteiger charge is 2.00. The van der Waals surface area contributed by atoms with Gasteiger partial charge in [0.05, 0.1) is 5.70 Å². The van der Waals surface area contributed by atoms with Crippen molar-refractivity contribution in [1.29, 1.82) is 0 Å². The van der Waals surface area contributed by atoms with Crippen molar-refractivity contribution in [2.75, 3.05) is 0 Å². The molecular weight excluding hydrogens is 182 g/mol. The molecule has 0 fully saturated rings. The van der Waals surface area contributed by atoms with E-state index < -0.39 is 0 Å². The van der Waals surface area contributed by atoms with E-state index in [0.29, 0.717) is 0 Å². The van der Waals surface area contributed by atoms with Crippen LogP contribution in [0.3, 0.4) is 0 Å². The molecule has 1 aromatic carbocycles. The van der Waals surface area contributed by atoms with Crippen molar-refractivity contribution < 1.29 is 0 Å². The van der Waals surface area contributed by atoms with Crippen LogP contribution in [0.15, 0.2) is 36.3 Å². The van der Waals surface area contributed by atoms with Gasteiger partial charge < -0.3 is 0 Å². The number of aliphatic imine (C=N–C) groups is 1. The quantitative estimate of drug-likeness (QED) is 0.650. The predicted octanol–water partition coefficient (Wildman–Crippen LogP) is 4.09. The first-order valence-corrected chi connectivity index (χ1v) is 4.99. The first kappa shape index (κ1) is 11.4. The van der Waals surface area contributed by atoms with Crippen LogP contribution in [-0.2, 0) is 0 Å². The highest BCUT2D eigenvalue weighted by atomic mass is 14.7. The van der Waals surface area contributed by atoms with E-state index in [0.717, 1.165) is 22.5 Å². The molecule has 0 bridgehead atoms. The number of nitrogens with zero attached hydrogens (tertiary/aromatic N) is 1. The summed E-state index contributed by atoms with van der Waals surface area (Å²) in [5.41, 5.74) is 5.26. The average molecular weight is 199 g/mol. The van der Waals surface area contributed by atoms with E-state index in [1.807, 2.05) is 32.1 Å².